The van der Waals surface area contributed by atoms with Crippen LogP contribution >= 0.6 is 0 Å². The van der Waals surface area contributed by atoms with E-state index in [0.29, 0.717) is 24.3 Å². The van der Waals surface area contributed by atoms with Gasteiger partial charge in [0.2, 0.25) is 0 Å². The highest BCUT2D eigenvalue weighted by Gasteiger charge is 2.42. The average molecular weight is 356 g/mol. The lowest BCUT2D eigenvalue weighted by molar-refractivity contribution is -0.143. The molecule has 0 unspecified atom stereocenters. The summed E-state index contributed by atoms with van der Waals surface area (Å²) < 4.78 is 55.2. The molecule has 9 heteroatoms. The van der Waals surface area contributed by atoms with E-state index in [-0.39, 0.29) is 11.7 Å². The van der Waals surface area contributed by atoms with Crippen LogP contribution < -0.4 is 5.32 Å². The van der Waals surface area contributed by atoms with Gasteiger partial charge < -0.3 is 10.2 Å². The molecule has 1 saturated heterocycles. The highest BCUT2D eigenvalue weighted by molar-refractivity contribution is 5.95. The van der Waals surface area contributed by atoms with Gasteiger partial charge in [0, 0.05) is 25.7 Å². The summed E-state index contributed by atoms with van der Waals surface area (Å²) >= 11 is 0. The van der Waals surface area contributed by atoms with Crippen molar-refractivity contribution in [3.8, 4) is 5.69 Å². The number of nitrogens with zero attached hydrogens (tertiary/aromatic N) is 3. The molecule has 1 aromatic heterocycles. The molecule has 2 heterocycles. The zero-order valence-corrected chi connectivity index (χ0v) is 13.3. The topological polar surface area (TPSA) is 50.2 Å². The lowest BCUT2D eigenvalue weighted by Gasteiger charge is -2.32. The molecule has 1 aliphatic rings. The Morgan fingerprint density at radius 2 is 2.04 bits per heavy atom. The van der Waals surface area contributed by atoms with E-state index in [9.17, 15) is 22.4 Å². The molecule has 2 aromatic rings. The van der Waals surface area contributed by atoms with Gasteiger partial charge in [-0.15, -0.1) is 0 Å². The number of hydrogen-bond acceptors (Lipinski definition) is 3. The molecule has 1 atom stereocenters. The first-order valence-electron chi connectivity index (χ1n) is 7.72. The Morgan fingerprint density at radius 1 is 1.32 bits per heavy atom. The van der Waals surface area contributed by atoms with Gasteiger partial charge in [-0.1, -0.05) is 12.1 Å². The van der Waals surface area contributed by atoms with Crippen LogP contribution in [0.5, 0.6) is 0 Å². The van der Waals surface area contributed by atoms with Crippen LogP contribution in [0, 0.1) is 5.82 Å². The van der Waals surface area contributed by atoms with Crippen molar-refractivity contribution in [3.05, 3.63) is 47.5 Å². The Bertz CT molecular complexity index is 787. The molecule has 0 bridgehead atoms. The van der Waals surface area contributed by atoms with Crippen molar-refractivity contribution in [1.29, 1.82) is 0 Å². The van der Waals surface area contributed by atoms with Gasteiger partial charge in [-0.3, -0.25) is 4.79 Å². The van der Waals surface area contributed by atoms with Crippen LogP contribution in [0.15, 0.2) is 30.5 Å². The van der Waals surface area contributed by atoms with E-state index in [2.05, 4.69) is 10.4 Å². The fourth-order valence-corrected chi connectivity index (χ4v) is 2.87. The van der Waals surface area contributed by atoms with Crippen molar-refractivity contribution in [1.82, 2.24) is 20.0 Å². The van der Waals surface area contributed by atoms with E-state index in [1.807, 2.05) is 6.92 Å². The van der Waals surface area contributed by atoms with Crippen LogP contribution in [0.25, 0.3) is 5.69 Å². The molecule has 0 aliphatic carbocycles. The second kappa shape index (κ2) is 6.47. The van der Waals surface area contributed by atoms with E-state index in [0.717, 1.165) is 12.3 Å². The number of halogens is 4. The Hall–Kier alpha value is -2.42. The number of hydrogen-bond donors (Lipinski definition) is 1. The van der Waals surface area contributed by atoms with Crippen LogP contribution in [-0.4, -0.2) is 46.3 Å². The Labute approximate surface area is 141 Å². The molecule has 25 heavy (non-hydrogen) atoms. The van der Waals surface area contributed by atoms with E-state index >= 15 is 0 Å². The number of carbonyl (C=O) groups is 1. The summed E-state index contributed by atoms with van der Waals surface area (Å²) in [4.78, 5) is 13.9. The van der Waals surface area contributed by atoms with E-state index in [1.54, 1.807) is 0 Å². The Morgan fingerprint density at radius 3 is 2.68 bits per heavy atom. The second-order valence-corrected chi connectivity index (χ2v) is 5.87. The summed E-state index contributed by atoms with van der Waals surface area (Å²) in [5.41, 5.74) is -2.21. The lowest BCUT2D eigenvalue weighted by atomic mass is 10.1. The normalized spacial score (nSPS) is 18.4. The average Bonchev–Trinajstić information content (AvgIpc) is 2.99. The molecule has 1 amide bonds. The maximum Gasteiger partial charge on any atom is 0.434 e. The van der Waals surface area contributed by atoms with E-state index < -0.39 is 29.2 Å². The molecule has 3 rings (SSSR count). The first kappa shape index (κ1) is 17.4. The van der Waals surface area contributed by atoms with Gasteiger partial charge in [-0.2, -0.15) is 18.3 Å². The van der Waals surface area contributed by atoms with Gasteiger partial charge in [0.25, 0.3) is 5.91 Å². The molecule has 5 nitrogen and oxygen atoms in total. The van der Waals surface area contributed by atoms with Crippen molar-refractivity contribution in [2.24, 2.45) is 0 Å². The van der Waals surface area contributed by atoms with Crippen molar-refractivity contribution in [2.75, 3.05) is 19.6 Å². The summed E-state index contributed by atoms with van der Waals surface area (Å²) in [6.45, 7) is 2.93. The number of piperazine rings is 1. The predicted molar refractivity (Wildman–Crippen MR) is 81.9 cm³/mol. The van der Waals surface area contributed by atoms with Gasteiger partial charge in [-0.05, 0) is 19.1 Å². The zero-order chi connectivity index (χ0) is 18.2. The Balaban J connectivity index is 2.06. The van der Waals surface area contributed by atoms with Crippen LogP contribution in [0.1, 0.15) is 23.0 Å². The minimum absolute atomic E-state index is 0.0198. The summed E-state index contributed by atoms with van der Waals surface area (Å²) in [6.07, 6.45) is -4.01. The smallest absolute Gasteiger partial charge is 0.336 e. The number of alkyl halides is 3. The van der Waals surface area contributed by atoms with Crippen LogP contribution in [0.4, 0.5) is 17.6 Å². The number of para-hydroxylation sites is 1. The minimum atomic E-state index is -4.86. The fourth-order valence-electron chi connectivity index (χ4n) is 2.87. The molecule has 0 radical (unpaired) electrons. The Kier molecular flexibility index (Phi) is 4.51. The van der Waals surface area contributed by atoms with Crippen LogP contribution in [0.2, 0.25) is 0 Å². The fraction of sp³-hybridized carbons (Fsp3) is 0.375. The molecule has 1 aromatic carbocycles. The highest BCUT2D eigenvalue weighted by atomic mass is 19.4. The molecular formula is C16H16F4N4O. The van der Waals surface area contributed by atoms with Crippen molar-refractivity contribution in [3.63, 3.8) is 0 Å². The summed E-state index contributed by atoms with van der Waals surface area (Å²) in [5.74, 6) is -1.62. The van der Waals surface area contributed by atoms with Crippen molar-refractivity contribution < 1.29 is 22.4 Å². The van der Waals surface area contributed by atoms with Gasteiger partial charge in [0.1, 0.15) is 11.5 Å². The molecule has 0 saturated carbocycles. The first-order chi connectivity index (χ1) is 11.8. The predicted octanol–water partition coefficient (Wildman–Crippen LogP) is 2.46. The summed E-state index contributed by atoms with van der Waals surface area (Å²) in [7, 11) is 0. The lowest BCUT2D eigenvalue weighted by Crippen LogP contribution is -2.51. The SMILES string of the molecule is C[C@H]1CN(C(=O)c2cnn(-c3ccccc3F)c2C(F)(F)F)CCN1. The molecule has 134 valence electrons. The van der Waals surface area contributed by atoms with Gasteiger partial charge >= 0.3 is 6.18 Å². The molecular weight excluding hydrogens is 340 g/mol. The van der Waals surface area contributed by atoms with Crippen LogP contribution in [-0.2, 0) is 6.18 Å². The largest absolute Gasteiger partial charge is 0.434 e. The monoisotopic (exact) mass is 356 g/mol. The number of carbonyl (C=O) groups excluding carboxylic acids is 1. The third-order valence-electron chi connectivity index (χ3n) is 4.00. The van der Waals surface area contributed by atoms with Gasteiger partial charge in [-0.25, -0.2) is 9.07 Å². The van der Waals surface area contributed by atoms with Crippen molar-refractivity contribution in [2.45, 2.75) is 19.1 Å². The number of benzene rings is 1. The van der Waals surface area contributed by atoms with Gasteiger partial charge in [0.15, 0.2) is 5.69 Å². The molecule has 1 N–H and O–H groups in total. The third-order valence-corrected chi connectivity index (χ3v) is 4.00. The van der Waals surface area contributed by atoms with Gasteiger partial charge in [0.05, 0.1) is 11.8 Å². The standard InChI is InChI=1S/C16H16F4N4O/c1-10-9-23(7-6-21-10)15(25)11-8-22-24(14(11)16(18,19)20)13-5-3-2-4-12(13)17/h2-5,8,10,21H,6-7,9H2,1H3/t10-/m0/s1. The molecule has 1 aliphatic heterocycles. The minimum Gasteiger partial charge on any atom is -0.336 e. The van der Waals surface area contributed by atoms with Crippen molar-refractivity contribution >= 4 is 5.91 Å². The zero-order valence-electron chi connectivity index (χ0n) is 13.3. The number of amides is 1. The first-order valence-corrected chi connectivity index (χ1v) is 7.72. The highest BCUT2D eigenvalue weighted by Crippen LogP contribution is 2.34. The second-order valence-electron chi connectivity index (χ2n) is 5.87. The quantitative estimate of drug-likeness (QED) is 0.841. The maximum atomic E-state index is 13.9. The van der Waals surface area contributed by atoms with E-state index in [4.69, 9.17) is 0 Å². The summed E-state index contributed by atoms with van der Waals surface area (Å²) in [5, 5.41) is 6.76. The maximum absolute atomic E-state index is 13.9. The number of rotatable bonds is 2. The third kappa shape index (κ3) is 3.37. The molecule has 0 spiro atoms. The number of nitrogens with one attached hydrogen (secondary N) is 1. The molecule has 1 fully saturated rings. The van der Waals surface area contributed by atoms with E-state index in [1.165, 1.54) is 23.1 Å². The number of aromatic nitrogens is 2. The van der Waals surface area contributed by atoms with Crippen LogP contribution in [0.3, 0.4) is 0 Å². The summed E-state index contributed by atoms with van der Waals surface area (Å²) in [6, 6.07) is 4.97.